The van der Waals surface area contributed by atoms with Gasteiger partial charge in [-0.3, -0.25) is 9.59 Å². The smallest absolute Gasteiger partial charge is 0.242 e. The Morgan fingerprint density at radius 2 is 1.81 bits per heavy atom. The third-order valence-corrected chi connectivity index (χ3v) is 4.93. The average Bonchev–Trinajstić information content (AvgIpc) is 3.34. The Hall–Kier alpha value is -2.63. The van der Waals surface area contributed by atoms with Crippen molar-refractivity contribution in [3.05, 3.63) is 42.4 Å². The fourth-order valence-electron chi connectivity index (χ4n) is 3.31. The topological polar surface area (TPSA) is 86.9 Å². The first-order valence-electron chi connectivity index (χ1n) is 9.25. The van der Waals surface area contributed by atoms with Gasteiger partial charge in [0.2, 0.25) is 11.8 Å². The molecule has 2 amide bonds. The van der Waals surface area contributed by atoms with Crippen molar-refractivity contribution >= 4 is 11.8 Å². The molecule has 138 valence electrons. The van der Waals surface area contributed by atoms with Gasteiger partial charge in [-0.1, -0.05) is 43.2 Å². The van der Waals surface area contributed by atoms with E-state index in [1.807, 2.05) is 37.3 Å². The standard InChI is InChI=1S/C20H26N4O2/c1-13(18-21-12-17(24-18)15-8-4-3-5-9-15)22-19(25)14(2)23-20(26)16-10-6-7-11-16/h3-5,8-9,12-14,16H,6-7,10-11H2,1-2H3,(H,21,24)(H,22,25)(H,23,26). The van der Waals surface area contributed by atoms with E-state index in [1.165, 1.54) is 0 Å². The van der Waals surface area contributed by atoms with Crippen LogP contribution in [-0.4, -0.2) is 27.8 Å². The van der Waals surface area contributed by atoms with Gasteiger partial charge in [-0.2, -0.15) is 0 Å². The average molecular weight is 354 g/mol. The van der Waals surface area contributed by atoms with E-state index in [-0.39, 0.29) is 23.8 Å². The molecule has 1 fully saturated rings. The van der Waals surface area contributed by atoms with Crippen molar-refractivity contribution in [1.29, 1.82) is 0 Å². The molecule has 1 aliphatic rings. The van der Waals surface area contributed by atoms with Gasteiger partial charge >= 0.3 is 0 Å². The molecule has 3 rings (SSSR count). The Balaban J connectivity index is 1.55. The molecule has 1 aromatic carbocycles. The summed E-state index contributed by atoms with van der Waals surface area (Å²) in [5.74, 6) is 0.524. The number of H-pyrrole nitrogens is 1. The second-order valence-electron chi connectivity index (χ2n) is 6.99. The molecular weight excluding hydrogens is 328 g/mol. The van der Waals surface area contributed by atoms with E-state index < -0.39 is 6.04 Å². The van der Waals surface area contributed by atoms with Gasteiger partial charge in [0.25, 0.3) is 0 Å². The van der Waals surface area contributed by atoms with E-state index in [0.29, 0.717) is 5.82 Å². The van der Waals surface area contributed by atoms with E-state index in [1.54, 1.807) is 13.1 Å². The number of carbonyl (C=O) groups excluding carboxylic acids is 2. The molecule has 6 heteroatoms. The summed E-state index contributed by atoms with van der Waals surface area (Å²) in [7, 11) is 0. The zero-order valence-electron chi connectivity index (χ0n) is 15.3. The number of aromatic amines is 1. The summed E-state index contributed by atoms with van der Waals surface area (Å²) in [6, 6.07) is 9.07. The summed E-state index contributed by atoms with van der Waals surface area (Å²) in [4.78, 5) is 32.2. The van der Waals surface area contributed by atoms with Gasteiger partial charge in [0, 0.05) is 5.92 Å². The number of benzene rings is 1. The minimum atomic E-state index is -0.561. The molecule has 2 atom stereocenters. The summed E-state index contributed by atoms with van der Waals surface area (Å²) in [5.41, 5.74) is 1.95. The minimum Gasteiger partial charge on any atom is -0.345 e. The molecule has 0 aliphatic heterocycles. The molecule has 2 aromatic rings. The number of carbonyl (C=O) groups is 2. The quantitative estimate of drug-likeness (QED) is 0.745. The zero-order valence-corrected chi connectivity index (χ0v) is 15.3. The molecule has 0 radical (unpaired) electrons. The lowest BCUT2D eigenvalue weighted by Gasteiger charge is -2.19. The van der Waals surface area contributed by atoms with E-state index >= 15 is 0 Å². The van der Waals surface area contributed by atoms with Crippen LogP contribution in [0.1, 0.15) is 51.4 Å². The van der Waals surface area contributed by atoms with Crippen molar-refractivity contribution in [2.45, 2.75) is 51.6 Å². The van der Waals surface area contributed by atoms with Gasteiger partial charge in [-0.25, -0.2) is 4.98 Å². The van der Waals surface area contributed by atoms with Gasteiger partial charge in [0.15, 0.2) is 0 Å². The lowest BCUT2D eigenvalue weighted by atomic mass is 10.1. The number of hydrogen-bond donors (Lipinski definition) is 3. The predicted octanol–water partition coefficient (Wildman–Crippen LogP) is 2.95. The summed E-state index contributed by atoms with van der Waals surface area (Å²) >= 11 is 0. The number of nitrogens with one attached hydrogen (secondary N) is 3. The van der Waals surface area contributed by atoms with Crippen molar-refractivity contribution in [2.75, 3.05) is 0 Å². The SMILES string of the molecule is CC(NC(=O)C1CCCC1)C(=O)NC(C)c1ncc(-c2ccccc2)[nH]1. The van der Waals surface area contributed by atoms with Crippen LogP contribution in [0.5, 0.6) is 0 Å². The molecule has 1 aliphatic carbocycles. The summed E-state index contributed by atoms with van der Waals surface area (Å²) < 4.78 is 0. The number of aromatic nitrogens is 2. The second-order valence-corrected chi connectivity index (χ2v) is 6.99. The molecular formula is C20H26N4O2. The third kappa shape index (κ3) is 4.31. The molecule has 0 spiro atoms. The van der Waals surface area contributed by atoms with Crippen LogP contribution in [0.3, 0.4) is 0 Å². The van der Waals surface area contributed by atoms with Crippen LogP contribution >= 0.6 is 0 Å². The fourth-order valence-corrected chi connectivity index (χ4v) is 3.31. The summed E-state index contributed by atoms with van der Waals surface area (Å²) in [6.45, 7) is 3.59. The molecule has 1 aromatic heterocycles. The fraction of sp³-hybridized carbons (Fsp3) is 0.450. The monoisotopic (exact) mass is 354 g/mol. The van der Waals surface area contributed by atoms with Gasteiger partial charge in [-0.05, 0) is 32.3 Å². The predicted molar refractivity (Wildman–Crippen MR) is 100 cm³/mol. The van der Waals surface area contributed by atoms with Gasteiger partial charge in [0.1, 0.15) is 11.9 Å². The van der Waals surface area contributed by atoms with Crippen LogP contribution in [0.2, 0.25) is 0 Å². The van der Waals surface area contributed by atoms with Crippen LogP contribution in [0.4, 0.5) is 0 Å². The Morgan fingerprint density at radius 3 is 2.50 bits per heavy atom. The van der Waals surface area contributed by atoms with E-state index in [4.69, 9.17) is 0 Å². The highest BCUT2D eigenvalue weighted by molar-refractivity contribution is 5.88. The normalized spacial score (nSPS) is 16.8. The van der Waals surface area contributed by atoms with Crippen LogP contribution in [-0.2, 0) is 9.59 Å². The highest BCUT2D eigenvalue weighted by atomic mass is 16.2. The molecule has 6 nitrogen and oxygen atoms in total. The number of imidazole rings is 1. The van der Waals surface area contributed by atoms with Crippen molar-refractivity contribution in [2.24, 2.45) is 5.92 Å². The Morgan fingerprint density at radius 1 is 1.12 bits per heavy atom. The maximum absolute atomic E-state index is 12.4. The van der Waals surface area contributed by atoms with Gasteiger partial charge in [0.05, 0.1) is 17.9 Å². The third-order valence-electron chi connectivity index (χ3n) is 4.93. The van der Waals surface area contributed by atoms with Crippen molar-refractivity contribution < 1.29 is 9.59 Å². The second kappa shape index (κ2) is 8.17. The van der Waals surface area contributed by atoms with E-state index in [2.05, 4.69) is 20.6 Å². The lowest BCUT2D eigenvalue weighted by Crippen LogP contribution is -2.47. The molecule has 2 unspecified atom stereocenters. The first-order valence-corrected chi connectivity index (χ1v) is 9.25. The van der Waals surface area contributed by atoms with E-state index in [9.17, 15) is 9.59 Å². The molecule has 0 bridgehead atoms. The molecule has 3 N–H and O–H groups in total. The maximum Gasteiger partial charge on any atom is 0.242 e. The summed E-state index contributed by atoms with van der Waals surface area (Å²) in [6.07, 6.45) is 5.80. The highest BCUT2D eigenvalue weighted by Gasteiger charge is 2.26. The molecule has 0 saturated heterocycles. The molecule has 26 heavy (non-hydrogen) atoms. The Kier molecular flexibility index (Phi) is 5.71. The number of nitrogens with zero attached hydrogens (tertiary/aromatic N) is 1. The first-order chi connectivity index (χ1) is 12.5. The molecule has 1 heterocycles. The Bertz CT molecular complexity index is 750. The van der Waals surface area contributed by atoms with Gasteiger partial charge < -0.3 is 15.6 Å². The Labute approximate surface area is 153 Å². The van der Waals surface area contributed by atoms with Crippen molar-refractivity contribution in [1.82, 2.24) is 20.6 Å². The van der Waals surface area contributed by atoms with Crippen LogP contribution in [0, 0.1) is 5.92 Å². The highest BCUT2D eigenvalue weighted by Crippen LogP contribution is 2.24. The van der Waals surface area contributed by atoms with E-state index in [0.717, 1.165) is 36.9 Å². The maximum atomic E-state index is 12.4. The first kappa shape index (κ1) is 18.2. The van der Waals surface area contributed by atoms with Crippen LogP contribution in [0.15, 0.2) is 36.5 Å². The number of hydrogen-bond acceptors (Lipinski definition) is 3. The van der Waals surface area contributed by atoms with Crippen molar-refractivity contribution in [3.63, 3.8) is 0 Å². The van der Waals surface area contributed by atoms with Crippen molar-refractivity contribution in [3.8, 4) is 11.3 Å². The largest absolute Gasteiger partial charge is 0.345 e. The lowest BCUT2D eigenvalue weighted by molar-refractivity contribution is -0.131. The van der Waals surface area contributed by atoms with Crippen LogP contribution in [0.25, 0.3) is 11.3 Å². The number of rotatable bonds is 6. The summed E-state index contributed by atoms with van der Waals surface area (Å²) in [5, 5.41) is 5.74. The van der Waals surface area contributed by atoms with Gasteiger partial charge in [-0.15, -0.1) is 0 Å². The minimum absolute atomic E-state index is 0.0119. The number of amides is 2. The zero-order chi connectivity index (χ0) is 18.5. The van der Waals surface area contributed by atoms with Crippen LogP contribution < -0.4 is 10.6 Å². The molecule has 1 saturated carbocycles.